The van der Waals surface area contributed by atoms with Gasteiger partial charge in [0.25, 0.3) is 0 Å². The van der Waals surface area contributed by atoms with Crippen molar-refractivity contribution in [3.63, 3.8) is 0 Å². The second-order valence-electron chi connectivity index (χ2n) is 5.18. The lowest BCUT2D eigenvalue weighted by Crippen LogP contribution is -2.26. The topological polar surface area (TPSA) is 3.24 Å². The number of hydrogen-bond acceptors (Lipinski definition) is 1. The first-order valence-electron chi connectivity index (χ1n) is 8.61. The lowest BCUT2D eigenvalue weighted by molar-refractivity contribution is 0.626. The van der Waals surface area contributed by atoms with Gasteiger partial charge in [0.05, 0.1) is 0 Å². The number of hydrogen-bond donors (Lipinski definition) is 0. The summed E-state index contributed by atoms with van der Waals surface area (Å²) in [6, 6.07) is 13.6. The molecule has 0 N–H and O–H groups in total. The van der Waals surface area contributed by atoms with Crippen molar-refractivity contribution >= 4 is 11.4 Å². The van der Waals surface area contributed by atoms with Crippen LogP contribution in [0.4, 0.5) is 15.8 Å². The summed E-state index contributed by atoms with van der Waals surface area (Å²) in [6.07, 6.45) is 0. The van der Waals surface area contributed by atoms with Crippen LogP contribution >= 0.6 is 0 Å². The van der Waals surface area contributed by atoms with Gasteiger partial charge in [-0.05, 0) is 63.1 Å². The molecular formula is C21H32FN. The van der Waals surface area contributed by atoms with Crippen molar-refractivity contribution in [2.45, 2.75) is 61.4 Å². The van der Waals surface area contributed by atoms with Gasteiger partial charge in [0.1, 0.15) is 5.82 Å². The van der Waals surface area contributed by atoms with Crippen molar-refractivity contribution in [2.75, 3.05) is 4.90 Å². The number of benzene rings is 2. The van der Waals surface area contributed by atoms with E-state index in [1.807, 2.05) is 52.8 Å². The van der Waals surface area contributed by atoms with Gasteiger partial charge in [0.15, 0.2) is 0 Å². The summed E-state index contributed by atoms with van der Waals surface area (Å²) < 4.78 is 13.3. The molecule has 0 unspecified atom stereocenters. The van der Waals surface area contributed by atoms with Crippen LogP contribution in [0.15, 0.2) is 42.5 Å². The normalized spacial score (nSPS) is 9.48. The lowest BCUT2D eigenvalue weighted by Gasteiger charge is -2.31. The number of aryl methyl sites for hydroxylation is 2. The smallest absolute Gasteiger partial charge is 0.123 e. The van der Waals surface area contributed by atoms with Crippen LogP contribution in [-0.2, 0) is 0 Å². The highest BCUT2D eigenvalue weighted by Crippen LogP contribution is 2.32. The maximum atomic E-state index is 13.3. The molecule has 0 heterocycles. The fraction of sp³-hybridized carbons (Fsp3) is 0.429. The van der Waals surface area contributed by atoms with Crippen LogP contribution in [0.5, 0.6) is 0 Å². The minimum Gasteiger partial charge on any atom is -0.338 e. The first kappa shape index (κ1) is 21.2. The Labute approximate surface area is 142 Å². The van der Waals surface area contributed by atoms with E-state index in [4.69, 9.17) is 0 Å². The summed E-state index contributed by atoms with van der Waals surface area (Å²) in [7, 11) is 0. The SMILES string of the molecule is CC.CC.Cc1ccccc1N(c1ccc(F)cc1C)C(C)C. The van der Waals surface area contributed by atoms with Crippen LogP contribution in [0.2, 0.25) is 0 Å². The third kappa shape index (κ3) is 5.70. The van der Waals surface area contributed by atoms with Crippen molar-refractivity contribution in [3.05, 3.63) is 59.4 Å². The Hall–Kier alpha value is -1.83. The first-order chi connectivity index (χ1) is 11.0. The van der Waals surface area contributed by atoms with Crippen LogP contribution in [0.1, 0.15) is 52.7 Å². The Balaban J connectivity index is 0.00000112. The summed E-state index contributed by atoms with van der Waals surface area (Å²) >= 11 is 0. The Morgan fingerprint density at radius 3 is 1.78 bits per heavy atom. The fourth-order valence-corrected chi connectivity index (χ4v) is 2.41. The van der Waals surface area contributed by atoms with Crippen LogP contribution in [0.25, 0.3) is 0 Å². The van der Waals surface area contributed by atoms with E-state index in [1.54, 1.807) is 6.07 Å². The molecule has 0 fully saturated rings. The highest BCUT2D eigenvalue weighted by Gasteiger charge is 2.16. The minimum atomic E-state index is -0.185. The average molecular weight is 317 g/mol. The summed E-state index contributed by atoms with van der Waals surface area (Å²) in [6.45, 7) is 16.3. The van der Waals surface area contributed by atoms with Gasteiger partial charge in [0, 0.05) is 17.4 Å². The molecule has 0 aliphatic rings. The fourth-order valence-electron chi connectivity index (χ4n) is 2.41. The largest absolute Gasteiger partial charge is 0.338 e. The molecule has 128 valence electrons. The van der Waals surface area contributed by atoms with Crippen LogP contribution in [0, 0.1) is 19.7 Å². The minimum absolute atomic E-state index is 0.185. The maximum Gasteiger partial charge on any atom is 0.123 e. The van der Waals surface area contributed by atoms with Gasteiger partial charge >= 0.3 is 0 Å². The van der Waals surface area contributed by atoms with E-state index >= 15 is 0 Å². The standard InChI is InChI=1S/C17H20FN.2C2H6/c1-12(2)19(16-8-6-5-7-13(16)3)17-10-9-15(18)11-14(17)4;2*1-2/h5-12H,1-4H3;2*1-2H3. The molecule has 0 aliphatic heterocycles. The Kier molecular flexibility index (Phi) is 9.96. The molecule has 0 amide bonds. The van der Waals surface area contributed by atoms with Crippen LogP contribution < -0.4 is 4.90 Å². The van der Waals surface area contributed by atoms with Crippen molar-refractivity contribution in [2.24, 2.45) is 0 Å². The Morgan fingerprint density at radius 2 is 1.30 bits per heavy atom. The van der Waals surface area contributed by atoms with Gasteiger partial charge in [-0.1, -0.05) is 45.9 Å². The predicted molar refractivity (Wildman–Crippen MR) is 102 cm³/mol. The molecule has 0 saturated carbocycles. The zero-order chi connectivity index (χ0) is 18.0. The Morgan fingerprint density at radius 1 is 0.783 bits per heavy atom. The molecule has 2 aromatic rings. The third-order valence-electron chi connectivity index (χ3n) is 3.31. The monoisotopic (exact) mass is 317 g/mol. The van der Waals surface area contributed by atoms with Gasteiger partial charge < -0.3 is 4.90 Å². The van der Waals surface area contributed by atoms with Gasteiger partial charge in [0.2, 0.25) is 0 Å². The predicted octanol–water partition coefficient (Wildman–Crippen LogP) is 7.04. The quantitative estimate of drug-likeness (QED) is 0.586. The second kappa shape index (κ2) is 10.8. The molecule has 0 aromatic heterocycles. The van der Waals surface area contributed by atoms with Crippen molar-refractivity contribution in [1.29, 1.82) is 0 Å². The van der Waals surface area contributed by atoms with Crippen LogP contribution in [0.3, 0.4) is 0 Å². The van der Waals surface area contributed by atoms with E-state index in [2.05, 4.69) is 37.8 Å². The van der Waals surface area contributed by atoms with E-state index in [9.17, 15) is 4.39 Å². The zero-order valence-electron chi connectivity index (χ0n) is 15.9. The van der Waals surface area contributed by atoms with Gasteiger partial charge in [-0.3, -0.25) is 0 Å². The number of nitrogens with zero attached hydrogens (tertiary/aromatic N) is 1. The van der Waals surface area contributed by atoms with Crippen molar-refractivity contribution < 1.29 is 4.39 Å². The highest BCUT2D eigenvalue weighted by atomic mass is 19.1. The van der Waals surface area contributed by atoms with Gasteiger partial charge in [-0.15, -0.1) is 0 Å². The molecule has 0 aliphatic carbocycles. The van der Waals surface area contributed by atoms with Crippen LogP contribution in [-0.4, -0.2) is 6.04 Å². The zero-order valence-corrected chi connectivity index (χ0v) is 15.9. The molecule has 2 rings (SSSR count). The van der Waals surface area contributed by atoms with Gasteiger partial charge in [-0.25, -0.2) is 4.39 Å². The molecule has 2 heteroatoms. The average Bonchev–Trinajstić information content (AvgIpc) is 2.55. The van der Waals surface area contributed by atoms with E-state index in [0.717, 1.165) is 11.3 Å². The second-order valence-corrected chi connectivity index (χ2v) is 5.18. The van der Waals surface area contributed by atoms with Gasteiger partial charge in [-0.2, -0.15) is 0 Å². The summed E-state index contributed by atoms with van der Waals surface area (Å²) in [5.41, 5.74) is 4.41. The van der Waals surface area contributed by atoms with E-state index in [1.165, 1.54) is 17.3 Å². The maximum absolute atomic E-state index is 13.3. The molecule has 0 spiro atoms. The molecule has 0 saturated heterocycles. The molecule has 1 nitrogen and oxygen atoms in total. The molecule has 23 heavy (non-hydrogen) atoms. The molecule has 0 radical (unpaired) electrons. The van der Waals surface area contributed by atoms with E-state index in [0.29, 0.717) is 6.04 Å². The summed E-state index contributed by atoms with van der Waals surface area (Å²) in [5, 5.41) is 0. The number of para-hydroxylation sites is 1. The lowest BCUT2D eigenvalue weighted by atomic mass is 10.1. The molecule has 0 atom stereocenters. The number of halogens is 1. The van der Waals surface area contributed by atoms with E-state index in [-0.39, 0.29) is 5.82 Å². The van der Waals surface area contributed by atoms with E-state index < -0.39 is 0 Å². The third-order valence-corrected chi connectivity index (χ3v) is 3.31. The summed E-state index contributed by atoms with van der Waals surface area (Å²) in [5.74, 6) is -0.185. The number of rotatable bonds is 3. The first-order valence-corrected chi connectivity index (χ1v) is 8.61. The van der Waals surface area contributed by atoms with Crippen molar-refractivity contribution in [3.8, 4) is 0 Å². The Bertz CT molecular complexity index is 576. The summed E-state index contributed by atoms with van der Waals surface area (Å²) in [4.78, 5) is 2.25. The molecule has 0 bridgehead atoms. The molecular weight excluding hydrogens is 285 g/mol. The molecule has 2 aromatic carbocycles. The highest BCUT2D eigenvalue weighted by molar-refractivity contribution is 5.69. The number of anilines is 2. The van der Waals surface area contributed by atoms with Crippen molar-refractivity contribution in [1.82, 2.24) is 0 Å².